The van der Waals surface area contributed by atoms with Crippen molar-refractivity contribution in [3.05, 3.63) is 41.0 Å². The van der Waals surface area contributed by atoms with Gasteiger partial charge in [0.05, 0.1) is 12.2 Å². The van der Waals surface area contributed by atoms with Crippen molar-refractivity contribution >= 4 is 11.8 Å². The van der Waals surface area contributed by atoms with Gasteiger partial charge in [0.1, 0.15) is 5.82 Å². The van der Waals surface area contributed by atoms with E-state index in [1.807, 2.05) is 0 Å². The average molecular weight is 511 g/mol. The van der Waals surface area contributed by atoms with E-state index in [9.17, 15) is 0 Å². The van der Waals surface area contributed by atoms with Crippen LogP contribution in [0.3, 0.4) is 0 Å². The molecule has 1 atom stereocenters. The maximum absolute atomic E-state index is 6.17. The first-order valence-corrected chi connectivity index (χ1v) is 14.4. The molecule has 4 N–H and O–H groups in total. The highest BCUT2D eigenvalue weighted by Crippen LogP contribution is 2.29. The number of aromatic nitrogens is 2. The molecular formula is C30H50N6O. The second-order valence-electron chi connectivity index (χ2n) is 11.4. The van der Waals surface area contributed by atoms with Gasteiger partial charge < -0.3 is 21.1 Å². The first-order valence-electron chi connectivity index (χ1n) is 14.4. The summed E-state index contributed by atoms with van der Waals surface area (Å²) in [5.41, 5.74) is 10.3. The second-order valence-corrected chi connectivity index (χ2v) is 11.4. The minimum absolute atomic E-state index is 0.142. The van der Waals surface area contributed by atoms with Gasteiger partial charge in [-0.05, 0) is 83.5 Å². The topological polar surface area (TPSA) is 88.3 Å². The molecule has 37 heavy (non-hydrogen) atoms. The third kappa shape index (κ3) is 9.78. The number of benzene rings is 1. The van der Waals surface area contributed by atoms with Crippen molar-refractivity contribution < 1.29 is 4.74 Å². The van der Waals surface area contributed by atoms with Crippen LogP contribution in [0.2, 0.25) is 0 Å². The lowest BCUT2D eigenvalue weighted by atomic mass is 10.0. The van der Waals surface area contributed by atoms with Crippen molar-refractivity contribution in [1.29, 1.82) is 0 Å². The Kier molecular flexibility index (Phi) is 11.5. The van der Waals surface area contributed by atoms with Crippen LogP contribution in [0.25, 0.3) is 0 Å². The van der Waals surface area contributed by atoms with Gasteiger partial charge in [-0.1, -0.05) is 51.0 Å². The van der Waals surface area contributed by atoms with Gasteiger partial charge in [-0.25, -0.2) is 0 Å². The maximum atomic E-state index is 6.17. The quantitative estimate of drug-likeness (QED) is 0.241. The molecule has 0 saturated carbocycles. The number of nitrogens with zero attached hydrogens (tertiary/aromatic N) is 3. The number of anilines is 2. The van der Waals surface area contributed by atoms with Crippen LogP contribution >= 0.6 is 0 Å². The molecule has 2 aromatic rings. The highest BCUT2D eigenvalue weighted by molar-refractivity contribution is 5.53. The molecule has 1 aliphatic rings. The predicted octanol–water partition coefficient (Wildman–Crippen LogP) is 5.94. The summed E-state index contributed by atoms with van der Waals surface area (Å²) in [5, 5.41) is 7.36. The van der Waals surface area contributed by atoms with Crippen molar-refractivity contribution in [2.24, 2.45) is 0 Å². The van der Waals surface area contributed by atoms with Crippen LogP contribution in [0, 0.1) is 0 Å². The number of hydrogen-bond donors (Lipinski definition) is 3. The SMILES string of the molecule is CCCCOc1nc(N)nc(NC(CCC)CCCNC(C)(C)C)c1CCCN1Cc2ccccc2C1. The molecule has 1 aromatic carbocycles. The summed E-state index contributed by atoms with van der Waals surface area (Å²) in [6.45, 7) is 15.8. The Morgan fingerprint density at radius 2 is 1.73 bits per heavy atom. The minimum atomic E-state index is 0.142. The van der Waals surface area contributed by atoms with Crippen LogP contribution in [0.4, 0.5) is 11.8 Å². The Morgan fingerprint density at radius 1 is 1.00 bits per heavy atom. The Bertz CT molecular complexity index is 933. The fourth-order valence-electron chi connectivity index (χ4n) is 4.94. The summed E-state index contributed by atoms with van der Waals surface area (Å²) in [6.07, 6.45) is 8.37. The first-order chi connectivity index (χ1) is 17.8. The number of nitrogen functional groups attached to an aromatic ring is 1. The summed E-state index contributed by atoms with van der Waals surface area (Å²) in [5.74, 6) is 1.78. The summed E-state index contributed by atoms with van der Waals surface area (Å²) < 4.78 is 6.16. The molecule has 1 aliphatic heterocycles. The molecule has 7 nitrogen and oxygen atoms in total. The van der Waals surface area contributed by atoms with E-state index in [0.717, 1.165) is 88.9 Å². The molecule has 1 unspecified atom stereocenters. The molecule has 0 saturated heterocycles. The van der Waals surface area contributed by atoms with E-state index in [4.69, 9.17) is 10.5 Å². The molecule has 206 valence electrons. The van der Waals surface area contributed by atoms with Gasteiger partial charge in [0.2, 0.25) is 11.8 Å². The van der Waals surface area contributed by atoms with E-state index in [2.05, 4.69) is 84.4 Å². The molecular weight excluding hydrogens is 460 g/mol. The van der Waals surface area contributed by atoms with Gasteiger partial charge in [-0.2, -0.15) is 9.97 Å². The monoisotopic (exact) mass is 510 g/mol. The normalized spacial score (nSPS) is 14.5. The molecule has 0 aliphatic carbocycles. The Labute approximate surface area is 225 Å². The second kappa shape index (κ2) is 14.5. The van der Waals surface area contributed by atoms with E-state index in [-0.39, 0.29) is 11.5 Å². The standard InChI is InChI=1S/C30H50N6O/c1-6-8-20-37-28-26(17-12-19-36-21-23-14-9-10-15-24(23)22-36)27(34-29(31)35-28)33-25(13-7-2)16-11-18-32-30(3,4)5/h9-10,14-15,25,32H,6-8,11-13,16-22H2,1-5H3,(H3,31,33,34,35). The zero-order chi connectivity index (χ0) is 26.7. The number of ether oxygens (including phenoxy) is 1. The van der Waals surface area contributed by atoms with Gasteiger partial charge >= 0.3 is 0 Å². The van der Waals surface area contributed by atoms with Gasteiger partial charge in [0.15, 0.2) is 0 Å². The zero-order valence-corrected chi connectivity index (χ0v) is 23.9. The minimum Gasteiger partial charge on any atom is -0.477 e. The molecule has 1 aromatic heterocycles. The van der Waals surface area contributed by atoms with Crippen molar-refractivity contribution in [2.75, 3.05) is 30.7 Å². The molecule has 3 rings (SSSR count). The van der Waals surface area contributed by atoms with Gasteiger partial charge in [-0.15, -0.1) is 0 Å². The lowest BCUT2D eigenvalue weighted by Gasteiger charge is -2.24. The van der Waals surface area contributed by atoms with Gasteiger partial charge in [0.25, 0.3) is 0 Å². The molecule has 0 bridgehead atoms. The maximum Gasteiger partial charge on any atom is 0.225 e. The summed E-state index contributed by atoms with van der Waals surface area (Å²) in [6, 6.07) is 9.11. The largest absolute Gasteiger partial charge is 0.477 e. The Hall–Kier alpha value is -2.38. The summed E-state index contributed by atoms with van der Waals surface area (Å²) in [7, 11) is 0. The molecule has 2 heterocycles. The fourth-order valence-corrected chi connectivity index (χ4v) is 4.94. The lowest BCUT2D eigenvalue weighted by molar-refractivity contribution is 0.276. The van der Waals surface area contributed by atoms with Crippen LogP contribution in [0.15, 0.2) is 24.3 Å². The average Bonchev–Trinajstić information content (AvgIpc) is 3.26. The van der Waals surface area contributed by atoms with Crippen molar-refractivity contribution in [3.63, 3.8) is 0 Å². The Balaban J connectivity index is 1.68. The predicted molar refractivity (Wildman–Crippen MR) is 155 cm³/mol. The molecule has 0 radical (unpaired) electrons. The zero-order valence-electron chi connectivity index (χ0n) is 23.9. The third-order valence-corrected chi connectivity index (χ3v) is 6.89. The van der Waals surface area contributed by atoms with E-state index < -0.39 is 0 Å². The third-order valence-electron chi connectivity index (χ3n) is 6.89. The van der Waals surface area contributed by atoms with E-state index in [0.29, 0.717) is 18.5 Å². The van der Waals surface area contributed by atoms with Crippen LogP contribution < -0.4 is 21.1 Å². The number of fused-ring (bicyclic) bond motifs is 1. The first kappa shape index (κ1) is 29.2. The van der Waals surface area contributed by atoms with E-state index in [1.54, 1.807) is 0 Å². The van der Waals surface area contributed by atoms with Crippen molar-refractivity contribution in [1.82, 2.24) is 20.2 Å². The molecule has 0 amide bonds. The van der Waals surface area contributed by atoms with Gasteiger partial charge in [0, 0.05) is 24.7 Å². The van der Waals surface area contributed by atoms with Crippen LogP contribution in [0.5, 0.6) is 5.88 Å². The summed E-state index contributed by atoms with van der Waals surface area (Å²) >= 11 is 0. The summed E-state index contributed by atoms with van der Waals surface area (Å²) in [4.78, 5) is 11.7. The highest BCUT2D eigenvalue weighted by Gasteiger charge is 2.21. The molecule has 0 spiro atoms. The van der Waals surface area contributed by atoms with Crippen molar-refractivity contribution in [2.45, 2.75) is 111 Å². The number of rotatable bonds is 16. The highest BCUT2D eigenvalue weighted by atomic mass is 16.5. The number of nitrogens with two attached hydrogens (primary N) is 1. The van der Waals surface area contributed by atoms with E-state index >= 15 is 0 Å². The van der Waals surface area contributed by atoms with Gasteiger partial charge in [-0.3, -0.25) is 4.90 Å². The smallest absolute Gasteiger partial charge is 0.225 e. The molecule has 0 fully saturated rings. The van der Waals surface area contributed by atoms with Crippen LogP contribution in [-0.2, 0) is 19.5 Å². The Morgan fingerprint density at radius 3 is 2.38 bits per heavy atom. The molecule has 7 heteroatoms. The van der Waals surface area contributed by atoms with Crippen LogP contribution in [-0.4, -0.2) is 46.1 Å². The van der Waals surface area contributed by atoms with Crippen molar-refractivity contribution in [3.8, 4) is 5.88 Å². The number of unbranched alkanes of at least 4 members (excludes halogenated alkanes) is 1. The fraction of sp³-hybridized carbons (Fsp3) is 0.667. The number of hydrogen-bond acceptors (Lipinski definition) is 7. The number of nitrogens with one attached hydrogen (secondary N) is 2. The van der Waals surface area contributed by atoms with Crippen LogP contribution in [0.1, 0.15) is 96.3 Å². The van der Waals surface area contributed by atoms with E-state index in [1.165, 1.54) is 11.1 Å². The lowest BCUT2D eigenvalue weighted by Crippen LogP contribution is -2.36.